The first-order valence-corrected chi connectivity index (χ1v) is 7.89. The molecule has 1 aliphatic carbocycles. The number of hydrogen-bond acceptors (Lipinski definition) is 5. The molecule has 1 aromatic carbocycles. The summed E-state index contributed by atoms with van der Waals surface area (Å²) in [6.07, 6.45) is 1.96. The standard InChI is InChI=1S/C16H19ClN2O5/c1-19(8-14(20)18-12-4-5-12)15(21)9-24-16(22)10-23-13-6-2-11(17)3-7-13/h2-3,6-7,12H,4-5,8-10H2,1H3,(H,18,20). The fourth-order valence-electron chi connectivity index (χ4n) is 1.77. The Bertz CT molecular complexity index is 601. The van der Waals surface area contributed by atoms with Crippen molar-refractivity contribution in [1.82, 2.24) is 10.2 Å². The Morgan fingerprint density at radius 2 is 1.88 bits per heavy atom. The van der Waals surface area contributed by atoms with Gasteiger partial charge in [-0.3, -0.25) is 9.59 Å². The van der Waals surface area contributed by atoms with E-state index in [4.69, 9.17) is 21.1 Å². The predicted molar refractivity (Wildman–Crippen MR) is 86.7 cm³/mol. The third-order valence-corrected chi connectivity index (χ3v) is 3.53. The lowest BCUT2D eigenvalue weighted by Gasteiger charge is -2.16. The summed E-state index contributed by atoms with van der Waals surface area (Å²) in [6, 6.07) is 6.74. The Morgan fingerprint density at radius 3 is 2.50 bits per heavy atom. The second-order valence-electron chi connectivity index (χ2n) is 5.49. The van der Waals surface area contributed by atoms with Gasteiger partial charge in [-0.05, 0) is 37.1 Å². The molecule has 2 rings (SSSR count). The number of ether oxygens (including phenoxy) is 2. The predicted octanol–water partition coefficient (Wildman–Crippen LogP) is 0.999. The molecule has 24 heavy (non-hydrogen) atoms. The van der Waals surface area contributed by atoms with Crippen LogP contribution in [0, 0.1) is 0 Å². The highest BCUT2D eigenvalue weighted by atomic mass is 35.5. The minimum absolute atomic E-state index is 0.0614. The summed E-state index contributed by atoms with van der Waals surface area (Å²) >= 11 is 5.74. The molecule has 1 fully saturated rings. The summed E-state index contributed by atoms with van der Waals surface area (Å²) in [5, 5.41) is 3.34. The van der Waals surface area contributed by atoms with Crippen LogP contribution in [0.3, 0.4) is 0 Å². The normalized spacial score (nSPS) is 13.1. The molecule has 0 bridgehead atoms. The average molecular weight is 355 g/mol. The number of carbonyl (C=O) groups excluding carboxylic acids is 3. The van der Waals surface area contributed by atoms with Gasteiger partial charge in [-0.25, -0.2) is 4.79 Å². The molecule has 0 atom stereocenters. The van der Waals surface area contributed by atoms with E-state index in [-0.39, 0.29) is 25.1 Å². The first kappa shape index (κ1) is 18.1. The van der Waals surface area contributed by atoms with Crippen molar-refractivity contribution >= 4 is 29.4 Å². The highest BCUT2D eigenvalue weighted by molar-refractivity contribution is 6.30. The molecule has 130 valence electrons. The minimum Gasteiger partial charge on any atom is -0.482 e. The maximum Gasteiger partial charge on any atom is 0.344 e. The van der Waals surface area contributed by atoms with Gasteiger partial charge < -0.3 is 19.7 Å². The lowest BCUT2D eigenvalue weighted by atomic mass is 10.3. The van der Waals surface area contributed by atoms with E-state index >= 15 is 0 Å². The van der Waals surface area contributed by atoms with Gasteiger partial charge in [0, 0.05) is 18.1 Å². The van der Waals surface area contributed by atoms with Gasteiger partial charge in [0.25, 0.3) is 5.91 Å². The van der Waals surface area contributed by atoms with Gasteiger partial charge in [-0.15, -0.1) is 0 Å². The van der Waals surface area contributed by atoms with E-state index in [1.54, 1.807) is 24.3 Å². The zero-order valence-corrected chi connectivity index (χ0v) is 14.0. The Morgan fingerprint density at radius 1 is 1.21 bits per heavy atom. The number of nitrogens with one attached hydrogen (secondary N) is 1. The van der Waals surface area contributed by atoms with E-state index in [9.17, 15) is 14.4 Å². The second kappa shape index (κ2) is 8.54. The zero-order chi connectivity index (χ0) is 17.5. The molecule has 0 unspecified atom stereocenters. The van der Waals surface area contributed by atoms with Gasteiger partial charge in [-0.2, -0.15) is 0 Å². The van der Waals surface area contributed by atoms with Crippen LogP contribution in [0.25, 0.3) is 0 Å². The lowest BCUT2D eigenvalue weighted by Crippen LogP contribution is -2.40. The Kier molecular flexibility index (Phi) is 6.43. The third kappa shape index (κ3) is 6.45. The zero-order valence-electron chi connectivity index (χ0n) is 13.3. The number of amides is 2. The molecule has 1 saturated carbocycles. The van der Waals surface area contributed by atoms with E-state index < -0.39 is 18.5 Å². The largest absolute Gasteiger partial charge is 0.482 e. The van der Waals surface area contributed by atoms with Crippen LogP contribution in [-0.2, 0) is 19.1 Å². The molecule has 2 amide bonds. The molecular weight excluding hydrogens is 336 g/mol. The van der Waals surface area contributed by atoms with Gasteiger partial charge in [0.1, 0.15) is 5.75 Å². The highest BCUT2D eigenvalue weighted by Crippen LogP contribution is 2.18. The molecule has 1 aliphatic rings. The number of likely N-dealkylation sites (N-methyl/N-ethyl adjacent to an activating group) is 1. The lowest BCUT2D eigenvalue weighted by molar-refractivity contribution is -0.153. The molecule has 0 radical (unpaired) electrons. The van der Waals surface area contributed by atoms with Crippen LogP contribution in [-0.4, -0.2) is 55.5 Å². The van der Waals surface area contributed by atoms with Crippen LogP contribution in [0.5, 0.6) is 5.75 Å². The number of benzene rings is 1. The number of rotatable bonds is 8. The first-order chi connectivity index (χ1) is 11.4. The third-order valence-electron chi connectivity index (χ3n) is 3.28. The van der Waals surface area contributed by atoms with Gasteiger partial charge in [-0.1, -0.05) is 11.6 Å². The van der Waals surface area contributed by atoms with E-state index in [1.807, 2.05) is 0 Å². The van der Waals surface area contributed by atoms with Crippen molar-refractivity contribution in [2.75, 3.05) is 26.8 Å². The van der Waals surface area contributed by atoms with Crippen LogP contribution in [0.1, 0.15) is 12.8 Å². The Balaban J connectivity index is 1.63. The molecular formula is C16H19ClN2O5. The van der Waals surface area contributed by atoms with E-state index in [2.05, 4.69) is 5.32 Å². The fraction of sp³-hybridized carbons (Fsp3) is 0.438. The smallest absolute Gasteiger partial charge is 0.344 e. The van der Waals surface area contributed by atoms with Gasteiger partial charge in [0.15, 0.2) is 13.2 Å². The summed E-state index contributed by atoms with van der Waals surface area (Å²) in [5.74, 6) is -0.878. The molecule has 1 N–H and O–H groups in total. The van der Waals surface area contributed by atoms with Gasteiger partial charge in [0.2, 0.25) is 5.91 Å². The molecule has 0 spiro atoms. The maximum absolute atomic E-state index is 11.8. The highest BCUT2D eigenvalue weighted by Gasteiger charge is 2.24. The van der Waals surface area contributed by atoms with Crippen LogP contribution in [0.2, 0.25) is 5.02 Å². The van der Waals surface area contributed by atoms with Gasteiger partial charge >= 0.3 is 5.97 Å². The van der Waals surface area contributed by atoms with Crippen LogP contribution < -0.4 is 10.1 Å². The quantitative estimate of drug-likeness (QED) is 0.704. The summed E-state index contributed by atoms with van der Waals surface area (Å²) in [7, 11) is 1.48. The Hall–Kier alpha value is -2.28. The molecule has 0 aromatic heterocycles. The number of esters is 1. The maximum atomic E-state index is 11.8. The van der Waals surface area contributed by atoms with Crippen molar-refractivity contribution in [3.8, 4) is 5.75 Å². The molecule has 0 saturated heterocycles. The van der Waals surface area contributed by atoms with Crippen molar-refractivity contribution < 1.29 is 23.9 Å². The summed E-state index contributed by atoms with van der Waals surface area (Å²) in [6.45, 7) is -0.815. The molecule has 0 heterocycles. The van der Waals surface area contributed by atoms with Crippen molar-refractivity contribution in [2.45, 2.75) is 18.9 Å². The summed E-state index contributed by atoms with van der Waals surface area (Å²) < 4.78 is 10.0. The van der Waals surface area contributed by atoms with Crippen LogP contribution in [0.15, 0.2) is 24.3 Å². The number of carbonyl (C=O) groups is 3. The topological polar surface area (TPSA) is 84.9 Å². The van der Waals surface area contributed by atoms with Crippen molar-refractivity contribution in [2.24, 2.45) is 0 Å². The Labute approximate surface area is 144 Å². The minimum atomic E-state index is -0.672. The van der Waals surface area contributed by atoms with Gasteiger partial charge in [0.05, 0.1) is 6.54 Å². The molecule has 1 aromatic rings. The van der Waals surface area contributed by atoms with Crippen molar-refractivity contribution in [1.29, 1.82) is 0 Å². The molecule has 0 aliphatic heterocycles. The van der Waals surface area contributed by atoms with E-state index in [0.717, 1.165) is 12.8 Å². The number of halogens is 1. The van der Waals surface area contributed by atoms with Crippen molar-refractivity contribution in [3.05, 3.63) is 29.3 Å². The van der Waals surface area contributed by atoms with Crippen LogP contribution >= 0.6 is 11.6 Å². The summed E-state index contributed by atoms with van der Waals surface area (Å²) in [5.41, 5.74) is 0. The monoisotopic (exact) mass is 354 g/mol. The fourth-order valence-corrected chi connectivity index (χ4v) is 1.90. The second-order valence-corrected chi connectivity index (χ2v) is 5.93. The van der Waals surface area contributed by atoms with E-state index in [0.29, 0.717) is 10.8 Å². The van der Waals surface area contributed by atoms with Crippen LogP contribution in [0.4, 0.5) is 0 Å². The number of nitrogens with zero attached hydrogens (tertiary/aromatic N) is 1. The summed E-state index contributed by atoms with van der Waals surface area (Å²) in [4.78, 5) is 36.2. The van der Waals surface area contributed by atoms with E-state index in [1.165, 1.54) is 11.9 Å². The average Bonchev–Trinajstić information content (AvgIpc) is 3.35. The molecule has 8 heteroatoms. The number of hydrogen-bond donors (Lipinski definition) is 1. The molecule has 7 nitrogen and oxygen atoms in total. The van der Waals surface area contributed by atoms with Crippen molar-refractivity contribution in [3.63, 3.8) is 0 Å². The SMILES string of the molecule is CN(CC(=O)NC1CC1)C(=O)COC(=O)COc1ccc(Cl)cc1. The first-order valence-electron chi connectivity index (χ1n) is 7.51.